The average molecular weight is 273 g/mol. The van der Waals surface area contributed by atoms with Gasteiger partial charge in [-0.05, 0) is 24.6 Å². The van der Waals surface area contributed by atoms with Gasteiger partial charge in [-0.3, -0.25) is 4.79 Å². The van der Waals surface area contributed by atoms with E-state index in [1.807, 2.05) is 20.8 Å². The predicted octanol–water partition coefficient (Wildman–Crippen LogP) is 3.07. The fraction of sp³-hybridized carbons (Fsp3) is 0.462. The molecule has 5 heteroatoms. The minimum atomic E-state index is -0.380. The zero-order valence-corrected chi connectivity index (χ0v) is 12.1. The molecule has 0 heterocycles. The first-order chi connectivity index (χ1) is 7.90. The molecule has 0 aliphatic rings. The smallest absolute Gasteiger partial charge is 0.230 e. The Balaban J connectivity index is 0.00000289. The molecule has 18 heavy (non-hydrogen) atoms. The summed E-state index contributed by atoms with van der Waals surface area (Å²) in [4.78, 5) is 11.9. The van der Waals surface area contributed by atoms with Gasteiger partial charge in [0.05, 0.1) is 12.8 Å². The van der Waals surface area contributed by atoms with Crippen molar-refractivity contribution in [3.63, 3.8) is 0 Å². The Kier molecular flexibility index (Phi) is 5.98. The van der Waals surface area contributed by atoms with Gasteiger partial charge in [0.1, 0.15) is 5.75 Å². The van der Waals surface area contributed by atoms with E-state index in [1.165, 1.54) is 0 Å². The van der Waals surface area contributed by atoms with Crippen molar-refractivity contribution in [2.45, 2.75) is 27.2 Å². The number of amides is 1. The van der Waals surface area contributed by atoms with E-state index in [-0.39, 0.29) is 23.7 Å². The molecule has 4 nitrogen and oxygen atoms in total. The van der Waals surface area contributed by atoms with Gasteiger partial charge in [0.25, 0.3) is 0 Å². The van der Waals surface area contributed by atoms with Crippen LogP contribution in [0.2, 0.25) is 0 Å². The first kappa shape index (κ1) is 16.6. The molecule has 0 aliphatic heterocycles. The van der Waals surface area contributed by atoms with E-state index in [1.54, 1.807) is 25.3 Å². The molecule has 0 radical (unpaired) electrons. The second-order valence-electron chi connectivity index (χ2n) is 4.65. The summed E-state index contributed by atoms with van der Waals surface area (Å²) in [6, 6.07) is 5.21. The molecule has 0 saturated carbocycles. The van der Waals surface area contributed by atoms with Crippen LogP contribution in [0.3, 0.4) is 0 Å². The number of nitrogens with two attached hydrogens (primary N) is 1. The lowest BCUT2D eigenvalue weighted by Gasteiger charge is -2.21. The molecule has 102 valence electrons. The van der Waals surface area contributed by atoms with Crippen molar-refractivity contribution in [2.24, 2.45) is 5.41 Å². The second kappa shape index (κ2) is 6.50. The maximum absolute atomic E-state index is 11.9. The summed E-state index contributed by atoms with van der Waals surface area (Å²) in [6.07, 6.45) is 0.782. The van der Waals surface area contributed by atoms with E-state index in [9.17, 15) is 4.79 Å². The minimum absolute atomic E-state index is 0. The van der Waals surface area contributed by atoms with Crippen LogP contribution in [0.1, 0.15) is 27.2 Å². The lowest BCUT2D eigenvalue weighted by atomic mass is 9.89. The van der Waals surface area contributed by atoms with Crippen LogP contribution in [0.15, 0.2) is 18.2 Å². The third-order valence-electron chi connectivity index (χ3n) is 2.99. The van der Waals surface area contributed by atoms with Crippen LogP contribution < -0.4 is 15.8 Å². The Hall–Kier alpha value is -1.42. The van der Waals surface area contributed by atoms with E-state index in [0.717, 1.165) is 6.42 Å². The number of methoxy groups -OCH3 is 1. The standard InChI is InChI=1S/C13H20N2O2.ClH/c1-5-13(2,3)12(16)15-9-6-7-11(17-4)10(14)8-9;/h6-8H,5,14H2,1-4H3,(H,15,16);1H. The van der Waals surface area contributed by atoms with Crippen LogP contribution in [-0.2, 0) is 4.79 Å². The van der Waals surface area contributed by atoms with Crippen LogP contribution in [0.5, 0.6) is 5.75 Å². The summed E-state index contributed by atoms with van der Waals surface area (Å²) >= 11 is 0. The van der Waals surface area contributed by atoms with Gasteiger partial charge in [-0.15, -0.1) is 12.4 Å². The van der Waals surface area contributed by atoms with E-state index in [0.29, 0.717) is 17.1 Å². The van der Waals surface area contributed by atoms with Gasteiger partial charge in [-0.25, -0.2) is 0 Å². The molecule has 1 aromatic rings. The molecule has 0 atom stereocenters. The number of benzene rings is 1. The number of hydrogen-bond acceptors (Lipinski definition) is 3. The largest absolute Gasteiger partial charge is 0.495 e. The van der Waals surface area contributed by atoms with Crippen LogP contribution >= 0.6 is 12.4 Å². The summed E-state index contributed by atoms with van der Waals surface area (Å²) < 4.78 is 5.06. The van der Waals surface area contributed by atoms with Crippen LogP contribution in [0, 0.1) is 5.41 Å². The Morgan fingerprint density at radius 1 is 1.44 bits per heavy atom. The molecule has 0 fully saturated rings. The molecular weight excluding hydrogens is 252 g/mol. The summed E-state index contributed by atoms with van der Waals surface area (Å²) in [7, 11) is 1.56. The van der Waals surface area contributed by atoms with Crippen molar-refractivity contribution in [3.05, 3.63) is 18.2 Å². The van der Waals surface area contributed by atoms with Gasteiger partial charge in [0, 0.05) is 11.1 Å². The number of rotatable bonds is 4. The van der Waals surface area contributed by atoms with Gasteiger partial charge in [-0.1, -0.05) is 20.8 Å². The van der Waals surface area contributed by atoms with Gasteiger partial charge in [0.15, 0.2) is 0 Å². The van der Waals surface area contributed by atoms with Crippen LogP contribution in [0.25, 0.3) is 0 Å². The zero-order valence-electron chi connectivity index (χ0n) is 11.2. The molecule has 0 saturated heterocycles. The molecule has 0 aliphatic carbocycles. The van der Waals surface area contributed by atoms with E-state index < -0.39 is 0 Å². The van der Waals surface area contributed by atoms with Crippen molar-refractivity contribution < 1.29 is 9.53 Å². The quantitative estimate of drug-likeness (QED) is 0.828. The van der Waals surface area contributed by atoms with Crippen LogP contribution in [-0.4, -0.2) is 13.0 Å². The Bertz CT molecular complexity index is 419. The minimum Gasteiger partial charge on any atom is -0.495 e. The van der Waals surface area contributed by atoms with Crippen molar-refractivity contribution in [1.29, 1.82) is 0 Å². The molecule has 0 unspecified atom stereocenters. The normalized spacial score (nSPS) is 10.4. The molecular formula is C13H21ClN2O2. The number of halogens is 1. The molecule has 3 N–H and O–H groups in total. The van der Waals surface area contributed by atoms with Crippen molar-refractivity contribution >= 4 is 29.7 Å². The van der Waals surface area contributed by atoms with Gasteiger partial charge < -0.3 is 15.8 Å². The Morgan fingerprint density at radius 2 is 2.06 bits per heavy atom. The second-order valence-corrected chi connectivity index (χ2v) is 4.65. The molecule has 1 rings (SSSR count). The predicted molar refractivity (Wildman–Crippen MR) is 77.4 cm³/mol. The van der Waals surface area contributed by atoms with Crippen molar-refractivity contribution in [2.75, 3.05) is 18.2 Å². The fourth-order valence-electron chi connectivity index (χ4n) is 1.27. The fourth-order valence-corrected chi connectivity index (χ4v) is 1.27. The Labute approximate surface area is 114 Å². The van der Waals surface area contributed by atoms with Gasteiger partial charge >= 0.3 is 0 Å². The lowest BCUT2D eigenvalue weighted by Crippen LogP contribution is -2.29. The number of carbonyl (C=O) groups is 1. The zero-order chi connectivity index (χ0) is 13.1. The maximum Gasteiger partial charge on any atom is 0.230 e. The average Bonchev–Trinajstić information content (AvgIpc) is 2.29. The molecule has 0 aromatic heterocycles. The van der Waals surface area contributed by atoms with Crippen LogP contribution in [0.4, 0.5) is 11.4 Å². The van der Waals surface area contributed by atoms with E-state index in [2.05, 4.69) is 5.32 Å². The highest BCUT2D eigenvalue weighted by molar-refractivity contribution is 5.95. The van der Waals surface area contributed by atoms with Crippen molar-refractivity contribution in [1.82, 2.24) is 0 Å². The number of hydrogen-bond donors (Lipinski definition) is 2. The first-order valence-corrected chi connectivity index (χ1v) is 5.65. The number of anilines is 2. The molecule has 0 spiro atoms. The first-order valence-electron chi connectivity index (χ1n) is 5.65. The molecule has 1 amide bonds. The summed E-state index contributed by atoms with van der Waals surface area (Å²) in [6.45, 7) is 5.81. The SMILES string of the molecule is CCC(C)(C)C(=O)Nc1ccc(OC)c(N)c1.Cl. The highest BCUT2D eigenvalue weighted by Gasteiger charge is 2.25. The third-order valence-corrected chi connectivity index (χ3v) is 2.99. The number of nitrogens with one attached hydrogen (secondary N) is 1. The van der Waals surface area contributed by atoms with Crippen molar-refractivity contribution in [3.8, 4) is 5.75 Å². The number of ether oxygens (including phenoxy) is 1. The monoisotopic (exact) mass is 272 g/mol. The maximum atomic E-state index is 11.9. The number of nitrogen functional groups attached to an aromatic ring is 1. The molecule has 0 bridgehead atoms. The lowest BCUT2D eigenvalue weighted by molar-refractivity contribution is -0.124. The molecule has 1 aromatic carbocycles. The summed E-state index contributed by atoms with van der Waals surface area (Å²) in [5.74, 6) is 0.599. The number of carbonyl (C=O) groups excluding carboxylic acids is 1. The van der Waals surface area contributed by atoms with E-state index >= 15 is 0 Å². The Morgan fingerprint density at radius 3 is 2.50 bits per heavy atom. The van der Waals surface area contributed by atoms with Gasteiger partial charge in [-0.2, -0.15) is 0 Å². The topological polar surface area (TPSA) is 64.3 Å². The van der Waals surface area contributed by atoms with Gasteiger partial charge in [0.2, 0.25) is 5.91 Å². The third kappa shape index (κ3) is 3.81. The van der Waals surface area contributed by atoms with E-state index in [4.69, 9.17) is 10.5 Å². The summed E-state index contributed by atoms with van der Waals surface area (Å²) in [5, 5.41) is 2.85. The summed E-state index contributed by atoms with van der Waals surface area (Å²) in [5.41, 5.74) is 6.60. The highest BCUT2D eigenvalue weighted by Crippen LogP contribution is 2.27. The highest BCUT2D eigenvalue weighted by atomic mass is 35.5.